The number of hydrogen-bond donors (Lipinski definition) is 2. The summed E-state index contributed by atoms with van der Waals surface area (Å²) in [6, 6.07) is 3.73. The molecule has 0 aliphatic carbocycles. The van der Waals surface area contributed by atoms with Gasteiger partial charge in [-0.1, -0.05) is 0 Å². The van der Waals surface area contributed by atoms with E-state index in [1.54, 1.807) is 6.92 Å². The van der Waals surface area contributed by atoms with Gasteiger partial charge in [-0.15, -0.1) is 0 Å². The number of ether oxygens (including phenoxy) is 2. The van der Waals surface area contributed by atoms with Crippen LogP contribution in [0, 0.1) is 0 Å². The molecule has 0 fully saturated rings. The van der Waals surface area contributed by atoms with Crippen molar-refractivity contribution in [2.75, 3.05) is 19.0 Å². The van der Waals surface area contributed by atoms with Crippen LogP contribution in [-0.2, 0) is 19.1 Å². The van der Waals surface area contributed by atoms with Crippen molar-refractivity contribution in [1.29, 1.82) is 0 Å². The van der Waals surface area contributed by atoms with Crippen LogP contribution in [0.25, 0.3) is 0 Å². The molecule has 0 atom stereocenters. The number of esters is 2. The second-order valence-corrected chi connectivity index (χ2v) is 3.40. The van der Waals surface area contributed by atoms with E-state index in [0.29, 0.717) is 0 Å². The second-order valence-electron chi connectivity index (χ2n) is 3.40. The Morgan fingerprint density at radius 3 is 2.58 bits per heavy atom. The lowest BCUT2D eigenvalue weighted by atomic mass is 10.2. The number of benzene rings is 1. The predicted octanol–water partition coefficient (Wildman–Crippen LogP) is 0.680. The Labute approximate surface area is 109 Å². The van der Waals surface area contributed by atoms with E-state index < -0.39 is 17.8 Å². The molecule has 0 saturated heterocycles. The number of carbonyl (C=O) groups is 3. The molecule has 7 heteroatoms. The molecule has 0 aliphatic rings. The first-order valence-corrected chi connectivity index (χ1v) is 5.39. The SMILES string of the molecule is CCOC(=O)C(=O)Nc1ccc(O)c(C(=O)OC)c1. The minimum absolute atomic E-state index is 0.0786. The van der Waals surface area contributed by atoms with Gasteiger partial charge in [0, 0.05) is 5.69 Å². The van der Waals surface area contributed by atoms with Gasteiger partial charge in [-0.3, -0.25) is 4.79 Å². The monoisotopic (exact) mass is 267 g/mol. The fourth-order valence-corrected chi connectivity index (χ4v) is 1.27. The quantitative estimate of drug-likeness (QED) is 0.474. The van der Waals surface area contributed by atoms with Gasteiger partial charge in [0.05, 0.1) is 13.7 Å². The molecule has 1 rings (SSSR count). The zero-order chi connectivity index (χ0) is 14.4. The summed E-state index contributed by atoms with van der Waals surface area (Å²) in [6.45, 7) is 1.65. The lowest BCUT2D eigenvalue weighted by Crippen LogP contribution is -2.25. The van der Waals surface area contributed by atoms with E-state index in [4.69, 9.17) is 0 Å². The Morgan fingerprint density at radius 2 is 2.00 bits per heavy atom. The third-order valence-electron chi connectivity index (χ3n) is 2.12. The molecule has 0 radical (unpaired) electrons. The van der Waals surface area contributed by atoms with Gasteiger partial charge in [-0.2, -0.15) is 0 Å². The van der Waals surface area contributed by atoms with Crippen molar-refractivity contribution in [2.24, 2.45) is 0 Å². The molecule has 1 aromatic carbocycles. The average Bonchev–Trinajstić information content (AvgIpc) is 2.40. The average molecular weight is 267 g/mol. The van der Waals surface area contributed by atoms with E-state index in [-0.39, 0.29) is 23.6 Å². The van der Waals surface area contributed by atoms with Crippen LogP contribution < -0.4 is 5.32 Å². The molecule has 0 aliphatic heterocycles. The fourth-order valence-electron chi connectivity index (χ4n) is 1.27. The summed E-state index contributed by atoms with van der Waals surface area (Å²) >= 11 is 0. The number of anilines is 1. The van der Waals surface area contributed by atoms with Crippen LogP contribution in [0.4, 0.5) is 5.69 Å². The van der Waals surface area contributed by atoms with Crippen molar-refractivity contribution in [3.63, 3.8) is 0 Å². The molecule has 1 amide bonds. The summed E-state index contributed by atoms with van der Waals surface area (Å²) < 4.78 is 8.97. The molecule has 0 bridgehead atoms. The van der Waals surface area contributed by atoms with Gasteiger partial charge in [0.1, 0.15) is 11.3 Å². The van der Waals surface area contributed by atoms with Gasteiger partial charge in [-0.05, 0) is 25.1 Å². The number of rotatable bonds is 3. The minimum atomic E-state index is -1.03. The van der Waals surface area contributed by atoms with Crippen molar-refractivity contribution in [3.8, 4) is 5.75 Å². The van der Waals surface area contributed by atoms with E-state index in [1.807, 2.05) is 0 Å². The molecule has 19 heavy (non-hydrogen) atoms. The minimum Gasteiger partial charge on any atom is -0.507 e. The first kappa shape index (κ1) is 14.5. The van der Waals surface area contributed by atoms with Crippen LogP contribution >= 0.6 is 0 Å². The second kappa shape index (κ2) is 6.39. The van der Waals surface area contributed by atoms with Gasteiger partial charge < -0.3 is 19.9 Å². The number of phenols is 1. The Hall–Kier alpha value is -2.57. The van der Waals surface area contributed by atoms with E-state index in [1.165, 1.54) is 18.2 Å². The van der Waals surface area contributed by atoms with Gasteiger partial charge in [0.2, 0.25) is 0 Å². The van der Waals surface area contributed by atoms with Crippen LogP contribution in [0.2, 0.25) is 0 Å². The molecule has 2 N–H and O–H groups in total. The molecule has 0 spiro atoms. The maximum atomic E-state index is 11.4. The summed E-state index contributed by atoms with van der Waals surface area (Å²) in [5.74, 6) is -3.05. The van der Waals surface area contributed by atoms with Gasteiger partial charge in [-0.25, -0.2) is 9.59 Å². The summed E-state index contributed by atoms with van der Waals surface area (Å²) in [5, 5.41) is 11.7. The molecule has 102 valence electrons. The third-order valence-corrected chi connectivity index (χ3v) is 2.12. The topological polar surface area (TPSA) is 102 Å². The largest absolute Gasteiger partial charge is 0.507 e. The third kappa shape index (κ3) is 3.70. The van der Waals surface area contributed by atoms with E-state index in [2.05, 4.69) is 14.8 Å². The highest BCUT2D eigenvalue weighted by Gasteiger charge is 2.17. The zero-order valence-corrected chi connectivity index (χ0v) is 10.4. The Morgan fingerprint density at radius 1 is 1.32 bits per heavy atom. The van der Waals surface area contributed by atoms with Crippen molar-refractivity contribution < 1.29 is 29.0 Å². The first-order chi connectivity index (χ1) is 8.99. The normalized spacial score (nSPS) is 9.58. The Bertz CT molecular complexity index is 511. The molecule has 0 heterocycles. The maximum Gasteiger partial charge on any atom is 0.397 e. The van der Waals surface area contributed by atoms with Crippen molar-refractivity contribution in [2.45, 2.75) is 6.92 Å². The number of amides is 1. The number of nitrogens with one attached hydrogen (secondary N) is 1. The number of phenolic OH excluding ortho intramolecular Hbond substituents is 1. The summed E-state index contributed by atoms with van der Waals surface area (Å²) in [7, 11) is 1.16. The van der Waals surface area contributed by atoms with E-state index >= 15 is 0 Å². The summed E-state index contributed by atoms with van der Waals surface area (Å²) in [5.41, 5.74) is 0.0420. The number of methoxy groups -OCH3 is 1. The molecule has 1 aromatic rings. The van der Waals surface area contributed by atoms with Crippen LogP contribution in [0.1, 0.15) is 17.3 Å². The first-order valence-electron chi connectivity index (χ1n) is 5.39. The van der Waals surface area contributed by atoms with Crippen LogP contribution in [0.3, 0.4) is 0 Å². The lowest BCUT2D eigenvalue weighted by molar-refractivity contribution is -0.152. The maximum absolute atomic E-state index is 11.4. The van der Waals surface area contributed by atoms with Crippen molar-refractivity contribution in [3.05, 3.63) is 23.8 Å². The van der Waals surface area contributed by atoms with Crippen LogP contribution in [0.5, 0.6) is 5.75 Å². The summed E-state index contributed by atoms with van der Waals surface area (Å²) in [6.07, 6.45) is 0. The van der Waals surface area contributed by atoms with Gasteiger partial charge in [0.15, 0.2) is 0 Å². The molecule has 0 aromatic heterocycles. The Kier molecular flexibility index (Phi) is 4.87. The molecular formula is C12H13NO6. The van der Waals surface area contributed by atoms with Gasteiger partial charge in [0.25, 0.3) is 0 Å². The van der Waals surface area contributed by atoms with E-state index in [0.717, 1.165) is 7.11 Å². The highest BCUT2D eigenvalue weighted by molar-refractivity contribution is 6.37. The smallest absolute Gasteiger partial charge is 0.397 e. The number of hydrogen-bond acceptors (Lipinski definition) is 6. The highest BCUT2D eigenvalue weighted by atomic mass is 16.5. The molecular weight excluding hydrogens is 254 g/mol. The molecule has 7 nitrogen and oxygen atoms in total. The molecule has 0 saturated carbocycles. The number of carbonyl (C=O) groups excluding carboxylic acids is 3. The number of aromatic hydroxyl groups is 1. The predicted molar refractivity (Wildman–Crippen MR) is 64.7 cm³/mol. The standard InChI is InChI=1S/C12H13NO6/c1-3-19-12(17)10(15)13-7-4-5-9(14)8(6-7)11(16)18-2/h4-6,14H,3H2,1-2H3,(H,13,15). The Balaban J connectivity index is 2.88. The van der Waals surface area contributed by atoms with Gasteiger partial charge >= 0.3 is 17.8 Å². The molecule has 0 unspecified atom stereocenters. The lowest BCUT2D eigenvalue weighted by Gasteiger charge is -2.07. The highest BCUT2D eigenvalue weighted by Crippen LogP contribution is 2.22. The van der Waals surface area contributed by atoms with Crippen molar-refractivity contribution in [1.82, 2.24) is 0 Å². The van der Waals surface area contributed by atoms with Crippen molar-refractivity contribution >= 4 is 23.5 Å². The van der Waals surface area contributed by atoms with Crippen LogP contribution in [-0.4, -0.2) is 36.7 Å². The fraction of sp³-hybridized carbons (Fsp3) is 0.250. The zero-order valence-electron chi connectivity index (χ0n) is 10.4. The van der Waals surface area contributed by atoms with E-state index in [9.17, 15) is 19.5 Å². The van der Waals surface area contributed by atoms with Crippen LogP contribution in [0.15, 0.2) is 18.2 Å². The summed E-state index contributed by atoms with van der Waals surface area (Å²) in [4.78, 5) is 33.8.